The summed E-state index contributed by atoms with van der Waals surface area (Å²) in [5.41, 5.74) is 7.54. The molecule has 1 aromatic rings. The molecule has 104 valence electrons. The van der Waals surface area contributed by atoms with E-state index in [0.717, 1.165) is 5.56 Å². The molecular weight excluding hydrogens is 286 g/mol. The minimum atomic E-state index is -2.47. The number of nitrogens with two attached hydrogens (primary N) is 1. The van der Waals surface area contributed by atoms with Crippen LogP contribution in [0.2, 0.25) is 5.02 Å². The molecule has 1 aromatic carbocycles. The molecule has 0 aliphatic carbocycles. The zero-order valence-electron chi connectivity index (χ0n) is 10.8. The Hall–Kier alpha value is -1.11. The second-order valence-corrected chi connectivity index (χ2v) is 7.79. The van der Waals surface area contributed by atoms with Crippen molar-refractivity contribution in [1.82, 2.24) is 0 Å². The maximum atomic E-state index is 12.1. The van der Waals surface area contributed by atoms with Crippen LogP contribution in [0.4, 0.5) is 10.5 Å². The molecule has 0 saturated heterocycles. The van der Waals surface area contributed by atoms with Crippen LogP contribution in [0, 0.1) is 0 Å². The first kappa shape index (κ1) is 14.3. The highest BCUT2D eigenvalue weighted by Gasteiger charge is 2.27. The third-order valence-electron chi connectivity index (χ3n) is 2.87. The fourth-order valence-corrected chi connectivity index (χ4v) is 2.70. The number of urea groups is 1. The first-order chi connectivity index (χ1) is 8.78. The van der Waals surface area contributed by atoms with Crippen molar-refractivity contribution < 1.29 is 9.00 Å². The summed E-state index contributed by atoms with van der Waals surface area (Å²) in [5.74, 6) is 0. The number of anilines is 1. The number of carbonyl (C=O) groups is 1. The van der Waals surface area contributed by atoms with E-state index in [1.165, 1.54) is 17.4 Å². The quantitative estimate of drug-likeness (QED) is 0.799. The number of hydrogen-bond donors (Lipinski definition) is 1. The molecule has 0 radical (unpaired) electrons. The summed E-state index contributed by atoms with van der Waals surface area (Å²) >= 11 is 5.95. The van der Waals surface area contributed by atoms with Crippen LogP contribution in [0.3, 0.4) is 0 Å². The Labute approximate surface area is 117 Å². The molecule has 0 spiro atoms. The molecule has 1 atom stereocenters. The van der Waals surface area contributed by atoms with Crippen LogP contribution in [-0.4, -0.2) is 29.3 Å². The molecule has 1 heterocycles. The molecule has 19 heavy (non-hydrogen) atoms. The zero-order valence-corrected chi connectivity index (χ0v) is 12.4. The van der Waals surface area contributed by atoms with Crippen LogP contribution < -0.4 is 10.6 Å². The first-order valence-electron chi connectivity index (χ1n) is 5.81. The van der Waals surface area contributed by atoms with E-state index in [1.54, 1.807) is 18.2 Å². The molecule has 0 fully saturated rings. The summed E-state index contributed by atoms with van der Waals surface area (Å²) in [6, 6.07) is 4.57. The summed E-state index contributed by atoms with van der Waals surface area (Å²) in [6.07, 6.45) is 3.50. The number of carbonyl (C=O) groups excluding carboxylic acids is 1. The van der Waals surface area contributed by atoms with Crippen molar-refractivity contribution in [2.75, 3.05) is 24.0 Å². The highest BCUT2D eigenvalue weighted by molar-refractivity contribution is 7.92. The van der Waals surface area contributed by atoms with E-state index in [9.17, 15) is 9.00 Å². The standard InChI is InChI=1S/C12H16ClN3O2S/c1-19(2,18)15-12(17)16-6-5-10(14)9-7-8(13)3-4-11(9)16/h3-4,7,10H,5-6,14H2,1-2H3. The SMILES string of the molecule is CS(C)(=O)=NC(=O)N1CCC(N)c2cc(Cl)ccc21. The second-order valence-electron chi connectivity index (χ2n) is 4.81. The van der Waals surface area contributed by atoms with Gasteiger partial charge in [0.25, 0.3) is 0 Å². The average molecular weight is 302 g/mol. The van der Waals surface area contributed by atoms with Crippen LogP contribution in [0.1, 0.15) is 18.0 Å². The fraction of sp³-hybridized carbons (Fsp3) is 0.417. The van der Waals surface area contributed by atoms with E-state index in [1.807, 2.05) is 0 Å². The van der Waals surface area contributed by atoms with Crippen molar-refractivity contribution in [3.05, 3.63) is 28.8 Å². The van der Waals surface area contributed by atoms with Gasteiger partial charge in [-0.2, -0.15) is 0 Å². The molecule has 1 unspecified atom stereocenters. The summed E-state index contributed by atoms with van der Waals surface area (Å²) in [6.45, 7) is 0.466. The van der Waals surface area contributed by atoms with Gasteiger partial charge in [0, 0.05) is 30.1 Å². The predicted molar refractivity (Wildman–Crippen MR) is 78.2 cm³/mol. The average Bonchev–Trinajstić information content (AvgIpc) is 2.27. The van der Waals surface area contributed by atoms with Crippen molar-refractivity contribution in [3.63, 3.8) is 0 Å². The Balaban J connectivity index is 2.45. The van der Waals surface area contributed by atoms with Crippen LogP contribution >= 0.6 is 11.6 Å². The van der Waals surface area contributed by atoms with Crippen LogP contribution in [-0.2, 0) is 9.73 Å². The van der Waals surface area contributed by atoms with Crippen LogP contribution in [0.25, 0.3) is 0 Å². The molecule has 1 aliphatic rings. The van der Waals surface area contributed by atoms with Crippen molar-refractivity contribution >= 4 is 33.0 Å². The van der Waals surface area contributed by atoms with E-state index in [-0.39, 0.29) is 6.04 Å². The summed E-state index contributed by atoms with van der Waals surface area (Å²) in [7, 11) is -2.47. The van der Waals surface area contributed by atoms with E-state index < -0.39 is 15.8 Å². The highest BCUT2D eigenvalue weighted by Crippen LogP contribution is 2.34. The minimum Gasteiger partial charge on any atom is -0.324 e. The van der Waals surface area contributed by atoms with Gasteiger partial charge in [-0.1, -0.05) is 11.6 Å². The monoisotopic (exact) mass is 301 g/mol. The maximum Gasteiger partial charge on any atom is 0.356 e. The highest BCUT2D eigenvalue weighted by atomic mass is 35.5. The van der Waals surface area contributed by atoms with Crippen LogP contribution in [0.15, 0.2) is 22.6 Å². The smallest absolute Gasteiger partial charge is 0.324 e. The zero-order chi connectivity index (χ0) is 14.2. The Morgan fingerprint density at radius 1 is 1.53 bits per heavy atom. The number of halogens is 1. The third kappa shape index (κ3) is 3.26. The summed E-state index contributed by atoms with van der Waals surface area (Å²) in [5, 5.41) is 0.579. The van der Waals surface area contributed by atoms with E-state index in [2.05, 4.69) is 4.36 Å². The normalized spacial score (nSPS) is 18.9. The third-order valence-corrected chi connectivity index (χ3v) is 3.70. The molecule has 0 saturated carbocycles. The fourth-order valence-electron chi connectivity index (χ4n) is 2.05. The summed E-state index contributed by atoms with van der Waals surface area (Å²) < 4.78 is 15.3. The molecule has 2 amide bonds. The van der Waals surface area contributed by atoms with Crippen molar-refractivity contribution in [1.29, 1.82) is 0 Å². The number of hydrogen-bond acceptors (Lipinski definition) is 3. The Morgan fingerprint density at radius 2 is 2.21 bits per heavy atom. The van der Waals surface area contributed by atoms with Gasteiger partial charge in [0.15, 0.2) is 0 Å². The van der Waals surface area contributed by atoms with Gasteiger partial charge < -0.3 is 5.73 Å². The molecule has 2 N–H and O–H groups in total. The molecule has 7 heteroatoms. The molecule has 5 nitrogen and oxygen atoms in total. The van der Waals surface area contributed by atoms with Gasteiger partial charge in [-0.25, -0.2) is 9.00 Å². The van der Waals surface area contributed by atoms with Crippen molar-refractivity contribution in [3.8, 4) is 0 Å². The molecule has 2 rings (SSSR count). The van der Waals surface area contributed by atoms with Gasteiger partial charge in [0.05, 0.1) is 15.4 Å². The molecule has 0 aromatic heterocycles. The number of nitrogens with zero attached hydrogens (tertiary/aromatic N) is 2. The van der Waals surface area contributed by atoms with Gasteiger partial charge in [-0.05, 0) is 30.2 Å². The lowest BCUT2D eigenvalue weighted by Gasteiger charge is -2.31. The Bertz CT molecular complexity index is 630. The van der Waals surface area contributed by atoms with Gasteiger partial charge >= 0.3 is 6.03 Å². The topological polar surface area (TPSA) is 75.8 Å². The largest absolute Gasteiger partial charge is 0.356 e. The van der Waals surface area contributed by atoms with Crippen molar-refractivity contribution in [2.45, 2.75) is 12.5 Å². The van der Waals surface area contributed by atoms with Gasteiger partial charge in [-0.15, -0.1) is 4.36 Å². The number of benzene rings is 1. The number of amides is 2. The van der Waals surface area contributed by atoms with E-state index >= 15 is 0 Å². The van der Waals surface area contributed by atoms with E-state index in [0.29, 0.717) is 23.7 Å². The Morgan fingerprint density at radius 3 is 2.84 bits per heavy atom. The molecule has 1 aliphatic heterocycles. The van der Waals surface area contributed by atoms with Gasteiger partial charge in [-0.3, -0.25) is 4.90 Å². The maximum absolute atomic E-state index is 12.1. The van der Waals surface area contributed by atoms with Gasteiger partial charge in [0.2, 0.25) is 0 Å². The molecule has 0 bridgehead atoms. The van der Waals surface area contributed by atoms with Crippen molar-refractivity contribution in [2.24, 2.45) is 10.1 Å². The predicted octanol–water partition coefficient (Wildman–Crippen LogP) is 2.40. The minimum absolute atomic E-state index is 0.148. The lowest BCUT2D eigenvalue weighted by Crippen LogP contribution is -2.37. The molecular formula is C12H16ClN3O2S. The first-order valence-corrected chi connectivity index (χ1v) is 8.52. The Kier molecular flexibility index (Phi) is 3.85. The van der Waals surface area contributed by atoms with E-state index in [4.69, 9.17) is 17.3 Å². The second kappa shape index (κ2) is 5.11. The van der Waals surface area contributed by atoms with Crippen LogP contribution in [0.5, 0.6) is 0 Å². The number of fused-ring (bicyclic) bond motifs is 1. The van der Waals surface area contributed by atoms with Gasteiger partial charge in [0.1, 0.15) is 0 Å². The lowest BCUT2D eigenvalue weighted by atomic mass is 9.97. The lowest BCUT2D eigenvalue weighted by molar-refractivity contribution is 0.254. The summed E-state index contributed by atoms with van der Waals surface area (Å²) in [4.78, 5) is 13.6. The number of rotatable bonds is 0.